The van der Waals surface area contributed by atoms with Crippen LogP contribution in [0.4, 0.5) is 0 Å². The second-order valence-electron chi connectivity index (χ2n) is 14.7. The van der Waals surface area contributed by atoms with Gasteiger partial charge < -0.3 is 14.4 Å². The summed E-state index contributed by atoms with van der Waals surface area (Å²) in [5.41, 5.74) is 0. The summed E-state index contributed by atoms with van der Waals surface area (Å²) in [4.78, 5) is 27.8. The first-order valence-electron chi connectivity index (χ1n) is 21.9. The third kappa shape index (κ3) is 33.5. The van der Waals surface area contributed by atoms with Crippen LogP contribution in [0.1, 0.15) is 227 Å². The van der Waals surface area contributed by atoms with Crippen molar-refractivity contribution in [1.82, 2.24) is 4.90 Å². The smallest absolute Gasteiger partial charge is 0.308 e. The van der Waals surface area contributed by atoms with Gasteiger partial charge in [-0.2, -0.15) is 0 Å². The summed E-state index contributed by atoms with van der Waals surface area (Å²) in [6.45, 7) is 13.0. The van der Waals surface area contributed by atoms with Crippen molar-refractivity contribution in [2.75, 3.05) is 13.1 Å². The third-order valence-electron chi connectivity index (χ3n) is 10.1. The summed E-state index contributed by atoms with van der Waals surface area (Å²) in [6.07, 6.45) is 42.8. The fourth-order valence-corrected chi connectivity index (χ4v) is 6.64. The van der Waals surface area contributed by atoms with Crippen LogP contribution in [0.25, 0.3) is 0 Å². The van der Waals surface area contributed by atoms with E-state index in [1.54, 1.807) is 0 Å². The number of carbonyl (C=O) groups excluding carboxylic acids is 2. The first-order valence-corrected chi connectivity index (χ1v) is 21.9. The molecular formula is C45H85NO4. The van der Waals surface area contributed by atoms with Gasteiger partial charge in [0.05, 0.1) is 0 Å². The van der Waals surface area contributed by atoms with Crippen LogP contribution in [0.3, 0.4) is 0 Å². The molecule has 0 fully saturated rings. The quantitative estimate of drug-likeness (QED) is 0.0277. The molecule has 50 heavy (non-hydrogen) atoms. The highest BCUT2D eigenvalue weighted by Gasteiger charge is 2.21. The second-order valence-corrected chi connectivity index (χ2v) is 14.7. The molecule has 5 heteroatoms. The van der Waals surface area contributed by atoms with E-state index >= 15 is 0 Å². The van der Waals surface area contributed by atoms with Gasteiger partial charge in [0, 0.05) is 25.3 Å². The van der Waals surface area contributed by atoms with Gasteiger partial charge >= 0.3 is 11.9 Å². The summed E-state index contributed by atoms with van der Waals surface area (Å²) < 4.78 is 11.5. The Hall–Kier alpha value is -1.62. The van der Waals surface area contributed by atoms with E-state index < -0.39 is 6.29 Å². The summed E-state index contributed by atoms with van der Waals surface area (Å²) in [5, 5.41) is 0. The minimum atomic E-state index is -0.778. The molecule has 294 valence electrons. The van der Waals surface area contributed by atoms with Gasteiger partial charge in [0.25, 0.3) is 0 Å². The number of carbonyl (C=O) groups is 2. The van der Waals surface area contributed by atoms with Crippen LogP contribution < -0.4 is 0 Å². The van der Waals surface area contributed by atoms with Crippen molar-refractivity contribution in [1.29, 1.82) is 0 Å². The molecule has 0 aliphatic carbocycles. The molecule has 1 unspecified atom stereocenters. The van der Waals surface area contributed by atoms with E-state index in [1.807, 2.05) is 0 Å². The Bertz CT molecular complexity index is 736. The molecule has 5 nitrogen and oxygen atoms in total. The van der Waals surface area contributed by atoms with Gasteiger partial charge in [-0.3, -0.25) is 9.59 Å². The Balaban J connectivity index is 4.22. The lowest BCUT2D eigenvalue weighted by Crippen LogP contribution is -2.34. The monoisotopic (exact) mass is 704 g/mol. The summed E-state index contributed by atoms with van der Waals surface area (Å²) in [5.74, 6) is -0.478. The van der Waals surface area contributed by atoms with E-state index in [0.717, 1.165) is 70.9 Å². The Kier molecular flexibility index (Phi) is 37.4. The third-order valence-corrected chi connectivity index (χ3v) is 10.1. The molecule has 0 amide bonds. The molecule has 0 N–H and O–H groups in total. The maximum atomic E-state index is 12.7. The molecule has 0 saturated heterocycles. The number of esters is 2. The zero-order valence-corrected chi connectivity index (χ0v) is 34.2. The Morgan fingerprint density at radius 2 is 0.780 bits per heavy atom. The summed E-state index contributed by atoms with van der Waals surface area (Å²) in [6, 6.07) is 0.348. The van der Waals surface area contributed by atoms with Crippen molar-refractivity contribution in [2.45, 2.75) is 240 Å². The van der Waals surface area contributed by atoms with E-state index in [0.29, 0.717) is 25.3 Å². The largest absolute Gasteiger partial charge is 0.425 e. The van der Waals surface area contributed by atoms with E-state index in [1.165, 1.54) is 116 Å². The maximum absolute atomic E-state index is 12.7. The average Bonchev–Trinajstić information content (AvgIpc) is 3.11. The second kappa shape index (κ2) is 38.6. The highest BCUT2D eigenvalue weighted by Crippen LogP contribution is 2.17. The normalized spacial score (nSPS) is 12.5. The molecule has 1 atom stereocenters. The van der Waals surface area contributed by atoms with E-state index in [2.05, 4.69) is 63.8 Å². The van der Waals surface area contributed by atoms with Crippen LogP contribution in [0.15, 0.2) is 24.3 Å². The van der Waals surface area contributed by atoms with Crippen LogP contribution in [0.5, 0.6) is 0 Å². The van der Waals surface area contributed by atoms with E-state index in [4.69, 9.17) is 9.47 Å². The van der Waals surface area contributed by atoms with Crippen LogP contribution in [0.2, 0.25) is 0 Å². The number of allylic oxidation sites excluding steroid dienone is 4. The highest BCUT2D eigenvalue weighted by atomic mass is 16.7. The Morgan fingerprint density at radius 1 is 0.460 bits per heavy atom. The molecule has 0 rings (SSSR count). The molecule has 0 aromatic rings. The summed E-state index contributed by atoms with van der Waals surface area (Å²) in [7, 11) is 0. The number of nitrogens with zero attached hydrogens (tertiary/aromatic N) is 1. The first-order chi connectivity index (χ1) is 24.5. The molecule has 0 aromatic heterocycles. The van der Waals surface area contributed by atoms with Gasteiger partial charge in [0.1, 0.15) is 0 Å². The lowest BCUT2D eigenvalue weighted by atomic mass is 10.1. The van der Waals surface area contributed by atoms with Gasteiger partial charge in [0.15, 0.2) is 0 Å². The van der Waals surface area contributed by atoms with Crippen LogP contribution in [-0.4, -0.2) is 42.3 Å². The fourth-order valence-electron chi connectivity index (χ4n) is 6.64. The molecule has 0 saturated carbocycles. The first kappa shape index (κ1) is 48.4. The molecule has 0 spiro atoms. The predicted octanol–water partition coefficient (Wildman–Crippen LogP) is 14.0. The number of hydrogen-bond acceptors (Lipinski definition) is 5. The number of ether oxygens (including phenoxy) is 2. The maximum Gasteiger partial charge on any atom is 0.308 e. The number of unbranched alkanes of at least 4 members (excludes halogenated alkanes) is 22. The van der Waals surface area contributed by atoms with Crippen molar-refractivity contribution in [2.24, 2.45) is 0 Å². The van der Waals surface area contributed by atoms with Crippen LogP contribution >= 0.6 is 0 Å². The predicted molar refractivity (Wildman–Crippen MR) is 216 cm³/mol. The summed E-state index contributed by atoms with van der Waals surface area (Å²) >= 11 is 0. The standard InChI is InChI=1S/C45H85NO4/c1-6-10-12-14-16-18-20-22-24-26-28-30-32-34-36-38-43(47)49-45(41-40-42(5)46(8-3)9-4)50-44(48)39-37-35-33-31-29-27-25-23-21-19-17-15-13-11-7-2/h22-25,42,45H,6-21,26-41H2,1-5H3/b24-22-,25-23-. The van der Waals surface area contributed by atoms with Gasteiger partial charge in [-0.05, 0) is 90.6 Å². The highest BCUT2D eigenvalue weighted by molar-refractivity contribution is 5.71. The average molecular weight is 704 g/mol. The molecule has 0 radical (unpaired) electrons. The van der Waals surface area contributed by atoms with Crippen LogP contribution in [-0.2, 0) is 19.1 Å². The van der Waals surface area contributed by atoms with Crippen molar-refractivity contribution in [3.05, 3.63) is 24.3 Å². The fraction of sp³-hybridized carbons (Fsp3) is 0.867. The Labute approximate surface area is 312 Å². The molecular weight excluding hydrogens is 618 g/mol. The van der Waals surface area contributed by atoms with Crippen molar-refractivity contribution in [3.63, 3.8) is 0 Å². The van der Waals surface area contributed by atoms with Crippen molar-refractivity contribution >= 4 is 11.9 Å². The lowest BCUT2D eigenvalue weighted by Gasteiger charge is -2.27. The van der Waals surface area contributed by atoms with Gasteiger partial charge in [-0.15, -0.1) is 0 Å². The van der Waals surface area contributed by atoms with Crippen molar-refractivity contribution in [3.8, 4) is 0 Å². The minimum absolute atomic E-state index is 0.239. The molecule has 0 aliphatic rings. The van der Waals surface area contributed by atoms with Crippen LogP contribution in [0, 0.1) is 0 Å². The molecule has 0 bridgehead atoms. The topological polar surface area (TPSA) is 55.8 Å². The van der Waals surface area contributed by atoms with Crippen molar-refractivity contribution < 1.29 is 19.1 Å². The number of rotatable bonds is 38. The zero-order valence-electron chi connectivity index (χ0n) is 34.2. The minimum Gasteiger partial charge on any atom is -0.425 e. The Morgan fingerprint density at radius 3 is 1.12 bits per heavy atom. The number of hydrogen-bond donors (Lipinski definition) is 0. The molecule has 0 aliphatic heterocycles. The zero-order chi connectivity index (χ0) is 36.8. The van der Waals surface area contributed by atoms with Gasteiger partial charge in [-0.25, -0.2) is 0 Å². The van der Waals surface area contributed by atoms with E-state index in [9.17, 15) is 9.59 Å². The van der Waals surface area contributed by atoms with Gasteiger partial charge in [-0.1, -0.05) is 155 Å². The SMILES string of the molecule is CCCCCCCC/C=C\CCCCCCCC(=O)OC(CCC(C)N(CC)CC)OC(=O)CCCCCCC/C=C\CCCCCCCC. The lowest BCUT2D eigenvalue weighted by molar-refractivity contribution is -0.189. The van der Waals surface area contributed by atoms with E-state index in [-0.39, 0.29) is 11.9 Å². The molecule has 0 heterocycles. The molecule has 0 aromatic carbocycles. The van der Waals surface area contributed by atoms with Gasteiger partial charge in [0.2, 0.25) is 6.29 Å².